The number of aliphatic hydroxyl groups excluding tert-OH is 1. The van der Waals surface area contributed by atoms with Gasteiger partial charge in [-0.1, -0.05) is 28.1 Å². The van der Waals surface area contributed by atoms with Crippen molar-refractivity contribution in [2.75, 3.05) is 0 Å². The van der Waals surface area contributed by atoms with Gasteiger partial charge in [0.2, 0.25) is 0 Å². The Labute approximate surface area is 118 Å². The number of hydrogen-bond acceptors (Lipinski definition) is 3. The molecule has 0 aliphatic rings. The molecule has 3 aromatic rings. The van der Waals surface area contributed by atoms with Gasteiger partial charge in [-0.25, -0.2) is 4.52 Å². The van der Waals surface area contributed by atoms with E-state index in [-0.39, 0.29) is 0 Å². The Morgan fingerprint density at radius 2 is 2.21 bits per heavy atom. The lowest BCUT2D eigenvalue weighted by atomic mass is 10.0. The highest BCUT2D eigenvalue weighted by molar-refractivity contribution is 9.10. The number of nitrogens with zero attached hydrogens (tertiary/aromatic N) is 3. The third kappa shape index (κ3) is 2.52. The maximum atomic E-state index is 10.4. The molecular weight excluding hydrogens is 306 g/mol. The number of rotatable bonds is 3. The normalized spacial score (nSPS) is 12.7. The van der Waals surface area contributed by atoms with Crippen molar-refractivity contribution in [3.8, 4) is 0 Å². The third-order valence-corrected chi connectivity index (χ3v) is 3.52. The van der Waals surface area contributed by atoms with Gasteiger partial charge in [0.15, 0.2) is 0 Å². The van der Waals surface area contributed by atoms with Crippen LogP contribution in [0.25, 0.3) is 5.52 Å². The zero-order valence-corrected chi connectivity index (χ0v) is 11.7. The molecule has 0 fully saturated rings. The summed E-state index contributed by atoms with van der Waals surface area (Å²) in [6.45, 7) is 0. The molecule has 4 nitrogen and oxygen atoms in total. The van der Waals surface area contributed by atoms with Crippen LogP contribution in [0, 0.1) is 0 Å². The van der Waals surface area contributed by atoms with Crippen LogP contribution in [0.15, 0.2) is 53.5 Å². The number of aliphatic hydroxyl groups is 1. The Kier molecular flexibility index (Phi) is 3.31. The van der Waals surface area contributed by atoms with Gasteiger partial charge in [0.05, 0.1) is 24.0 Å². The third-order valence-electron chi connectivity index (χ3n) is 3.03. The van der Waals surface area contributed by atoms with Gasteiger partial charge in [0.1, 0.15) is 0 Å². The molecule has 0 spiro atoms. The van der Waals surface area contributed by atoms with Crippen LogP contribution in [0.2, 0.25) is 0 Å². The van der Waals surface area contributed by atoms with Gasteiger partial charge in [0, 0.05) is 28.9 Å². The fraction of sp³-hybridized carbons (Fsp3) is 0.143. The maximum absolute atomic E-state index is 10.4. The van der Waals surface area contributed by atoms with Crippen molar-refractivity contribution in [1.82, 2.24) is 14.6 Å². The molecule has 0 aliphatic heterocycles. The summed E-state index contributed by atoms with van der Waals surface area (Å²) in [5, 5.41) is 14.6. The standard InChI is InChI=1S/C14H12BrN3O/c15-11-3-1-2-10(6-11)7-14(19)12-8-17-18-5-4-16-9-13(12)18/h1-6,8-9,14,19H,7H2. The van der Waals surface area contributed by atoms with Crippen molar-refractivity contribution in [2.45, 2.75) is 12.5 Å². The van der Waals surface area contributed by atoms with Gasteiger partial charge < -0.3 is 5.11 Å². The van der Waals surface area contributed by atoms with E-state index in [2.05, 4.69) is 26.0 Å². The van der Waals surface area contributed by atoms with Crippen molar-refractivity contribution in [1.29, 1.82) is 0 Å². The number of benzene rings is 1. The summed E-state index contributed by atoms with van der Waals surface area (Å²) in [6, 6.07) is 7.93. The molecule has 0 saturated carbocycles. The molecule has 1 aromatic carbocycles. The topological polar surface area (TPSA) is 50.4 Å². The summed E-state index contributed by atoms with van der Waals surface area (Å²) in [5.41, 5.74) is 2.71. The first-order valence-corrected chi connectivity index (χ1v) is 6.73. The van der Waals surface area contributed by atoms with Crippen LogP contribution in [-0.4, -0.2) is 19.7 Å². The number of halogens is 1. The summed E-state index contributed by atoms with van der Waals surface area (Å²) < 4.78 is 2.73. The van der Waals surface area contributed by atoms with Crippen molar-refractivity contribution in [3.63, 3.8) is 0 Å². The van der Waals surface area contributed by atoms with E-state index in [0.717, 1.165) is 21.1 Å². The maximum Gasteiger partial charge on any atom is 0.0903 e. The predicted molar refractivity (Wildman–Crippen MR) is 75.8 cm³/mol. The molecule has 1 atom stereocenters. The smallest absolute Gasteiger partial charge is 0.0903 e. The predicted octanol–water partition coefficient (Wildman–Crippen LogP) is 2.77. The molecule has 5 heteroatoms. The van der Waals surface area contributed by atoms with E-state index in [1.807, 2.05) is 24.3 Å². The first-order chi connectivity index (χ1) is 9.24. The van der Waals surface area contributed by atoms with Gasteiger partial charge in [-0.15, -0.1) is 0 Å². The Morgan fingerprint density at radius 1 is 1.32 bits per heavy atom. The van der Waals surface area contributed by atoms with Crippen LogP contribution < -0.4 is 0 Å². The molecule has 0 aliphatic carbocycles. The fourth-order valence-corrected chi connectivity index (χ4v) is 2.55. The summed E-state index contributed by atoms with van der Waals surface area (Å²) >= 11 is 3.43. The van der Waals surface area contributed by atoms with Gasteiger partial charge in [-0.05, 0) is 17.7 Å². The lowest BCUT2D eigenvalue weighted by Crippen LogP contribution is -2.01. The van der Waals surface area contributed by atoms with E-state index in [0.29, 0.717) is 6.42 Å². The second-order valence-electron chi connectivity index (χ2n) is 4.36. The average molecular weight is 318 g/mol. The van der Waals surface area contributed by atoms with Crippen LogP contribution in [0.5, 0.6) is 0 Å². The fourth-order valence-electron chi connectivity index (χ4n) is 2.11. The monoisotopic (exact) mass is 317 g/mol. The molecule has 0 amide bonds. The molecule has 0 bridgehead atoms. The Bertz CT molecular complexity index is 710. The number of hydrogen-bond donors (Lipinski definition) is 1. The Morgan fingerprint density at radius 3 is 3.05 bits per heavy atom. The zero-order valence-electron chi connectivity index (χ0n) is 10.1. The molecule has 1 N–H and O–H groups in total. The summed E-state index contributed by atoms with van der Waals surface area (Å²) in [6.07, 6.45) is 6.81. The first-order valence-electron chi connectivity index (χ1n) is 5.94. The van der Waals surface area contributed by atoms with E-state index in [1.165, 1.54) is 0 Å². The average Bonchev–Trinajstić information content (AvgIpc) is 2.82. The van der Waals surface area contributed by atoms with E-state index in [1.54, 1.807) is 29.3 Å². The van der Waals surface area contributed by atoms with Gasteiger partial charge in [-0.3, -0.25) is 4.98 Å². The Balaban J connectivity index is 1.90. The minimum absolute atomic E-state index is 0.551. The molecule has 19 heavy (non-hydrogen) atoms. The highest BCUT2D eigenvalue weighted by Gasteiger charge is 2.14. The molecular formula is C14H12BrN3O. The Hall–Kier alpha value is -1.72. The van der Waals surface area contributed by atoms with Crippen LogP contribution in [0.1, 0.15) is 17.2 Å². The van der Waals surface area contributed by atoms with Gasteiger partial charge >= 0.3 is 0 Å². The molecule has 2 aromatic heterocycles. The highest BCUT2D eigenvalue weighted by atomic mass is 79.9. The molecule has 1 unspecified atom stereocenters. The van der Waals surface area contributed by atoms with Crippen LogP contribution in [0.3, 0.4) is 0 Å². The molecule has 96 valence electrons. The van der Waals surface area contributed by atoms with Gasteiger partial charge in [-0.2, -0.15) is 5.10 Å². The largest absolute Gasteiger partial charge is 0.388 e. The number of aromatic nitrogens is 3. The molecule has 3 rings (SSSR count). The molecule has 2 heterocycles. The summed E-state index contributed by atoms with van der Waals surface area (Å²) in [7, 11) is 0. The minimum atomic E-state index is -0.587. The van der Waals surface area contributed by atoms with Crippen molar-refractivity contribution in [2.24, 2.45) is 0 Å². The van der Waals surface area contributed by atoms with E-state index < -0.39 is 6.10 Å². The van der Waals surface area contributed by atoms with E-state index in [4.69, 9.17) is 0 Å². The number of fused-ring (bicyclic) bond motifs is 1. The SMILES string of the molecule is OC(Cc1cccc(Br)c1)c1cnn2ccncc12. The highest BCUT2D eigenvalue weighted by Crippen LogP contribution is 2.23. The van der Waals surface area contributed by atoms with E-state index >= 15 is 0 Å². The molecule has 0 radical (unpaired) electrons. The van der Waals surface area contributed by atoms with Crippen molar-refractivity contribution in [3.05, 3.63) is 64.7 Å². The van der Waals surface area contributed by atoms with Crippen molar-refractivity contribution >= 4 is 21.4 Å². The second-order valence-corrected chi connectivity index (χ2v) is 5.27. The summed E-state index contributed by atoms with van der Waals surface area (Å²) in [5.74, 6) is 0. The minimum Gasteiger partial charge on any atom is -0.388 e. The lowest BCUT2D eigenvalue weighted by Gasteiger charge is -2.09. The molecule has 0 saturated heterocycles. The zero-order chi connectivity index (χ0) is 13.2. The quantitative estimate of drug-likeness (QED) is 0.808. The van der Waals surface area contributed by atoms with Crippen LogP contribution >= 0.6 is 15.9 Å². The summed E-state index contributed by atoms with van der Waals surface area (Å²) in [4.78, 5) is 4.07. The van der Waals surface area contributed by atoms with Crippen LogP contribution in [-0.2, 0) is 6.42 Å². The van der Waals surface area contributed by atoms with E-state index in [9.17, 15) is 5.11 Å². The second kappa shape index (κ2) is 5.11. The lowest BCUT2D eigenvalue weighted by molar-refractivity contribution is 0.180. The first kappa shape index (κ1) is 12.3. The van der Waals surface area contributed by atoms with Crippen molar-refractivity contribution < 1.29 is 5.11 Å². The van der Waals surface area contributed by atoms with Crippen LogP contribution in [0.4, 0.5) is 0 Å². The van der Waals surface area contributed by atoms with Gasteiger partial charge in [0.25, 0.3) is 0 Å².